The topological polar surface area (TPSA) is 78.8 Å². The van der Waals surface area contributed by atoms with Crippen LogP contribution in [0.1, 0.15) is 81.4 Å². The summed E-state index contributed by atoms with van der Waals surface area (Å²) >= 11 is 0. The highest BCUT2D eigenvalue weighted by Gasteiger charge is 2.27. The van der Waals surface area contributed by atoms with E-state index in [1.807, 2.05) is 24.3 Å². The van der Waals surface area contributed by atoms with E-state index in [0.717, 1.165) is 24.0 Å². The third-order valence-corrected chi connectivity index (χ3v) is 7.27. The van der Waals surface area contributed by atoms with Gasteiger partial charge in [0.1, 0.15) is 17.2 Å². The minimum Gasteiger partial charge on any atom is -0.508 e. The van der Waals surface area contributed by atoms with Crippen LogP contribution in [0.15, 0.2) is 60.7 Å². The molecule has 0 aliphatic heterocycles. The van der Waals surface area contributed by atoms with Crippen molar-refractivity contribution >= 4 is 11.6 Å². The fraction of sp³-hybridized carbons (Fsp3) is 0.387. The van der Waals surface area contributed by atoms with Crippen LogP contribution in [0.3, 0.4) is 0 Å². The largest absolute Gasteiger partial charge is 0.508 e. The summed E-state index contributed by atoms with van der Waals surface area (Å²) in [5.41, 5.74) is 4.00. The van der Waals surface area contributed by atoms with Crippen molar-refractivity contribution in [2.45, 2.75) is 71.6 Å². The van der Waals surface area contributed by atoms with Gasteiger partial charge in [0.25, 0.3) is 5.91 Å². The minimum atomic E-state index is -0.387. The Bertz CT molecular complexity index is 1210. The van der Waals surface area contributed by atoms with Crippen molar-refractivity contribution in [3.63, 3.8) is 0 Å². The van der Waals surface area contributed by atoms with Gasteiger partial charge in [-0.3, -0.25) is 4.79 Å². The zero-order valence-electron chi connectivity index (χ0n) is 22.3. The molecule has 0 saturated heterocycles. The van der Waals surface area contributed by atoms with Gasteiger partial charge >= 0.3 is 0 Å². The molecule has 0 fully saturated rings. The number of anilines is 1. The van der Waals surface area contributed by atoms with E-state index in [2.05, 4.69) is 59.0 Å². The Morgan fingerprint density at radius 3 is 2.25 bits per heavy atom. The van der Waals surface area contributed by atoms with Crippen molar-refractivity contribution < 1.29 is 19.7 Å². The lowest BCUT2D eigenvalue weighted by atomic mass is 9.76. The molecule has 3 N–H and O–H groups in total. The molecule has 5 heteroatoms. The third-order valence-electron chi connectivity index (χ3n) is 7.27. The molecule has 1 amide bonds. The number of hydrogen-bond acceptors (Lipinski definition) is 4. The first-order valence-corrected chi connectivity index (χ1v) is 12.7. The van der Waals surface area contributed by atoms with Crippen molar-refractivity contribution in [1.29, 1.82) is 0 Å². The normalized spacial score (nSPS) is 11.9. The maximum absolute atomic E-state index is 13.3. The van der Waals surface area contributed by atoms with E-state index in [9.17, 15) is 15.0 Å². The fourth-order valence-corrected chi connectivity index (χ4v) is 4.00. The Labute approximate surface area is 215 Å². The molecule has 0 unspecified atom stereocenters. The SMILES string of the molecule is CCC(C)(C)c1ccc(Oc2ccc(O)cc2C(=O)Nc2cccc(CCO)c2)c(C(C)(C)CC)c1. The second-order valence-electron chi connectivity index (χ2n) is 10.6. The number of carbonyl (C=O) groups excluding carboxylic acids is 1. The van der Waals surface area contributed by atoms with Crippen LogP contribution in [0.5, 0.6) is 17.2 Å². The van der Waals surface area contributed by atoms with Gasteiger partial charge in [-0.15, -0.1) is 0 Å². The van der Waals surface area contributed by atoms with Gasteiger partial charge in [0, 0.05) is 17.9 Å². The number of carbonyl (C=O) groups is 1. The molecule has 0 heterocycles. The number of aliphatic hydroxyl groups excluding tert-OH is 1. The van der Waals surface area contributed by atoms with E-state index >= 15 is 0 Å². The summed E-state index contributed by atoms with van der Waals surface area (Å²) in [5, 5.41) is 22.3. The van der Waals surface area contributed by atoms with Crippen LogP contribution in [-0.4, -0.2) is 22.7 Å². The maximum atomic E-state index is 13.3. The number of aliphatic hydroxyl groups is 1. The van der Waals surface area contributed by atoms with Crippen molar-refractivity contribution in [1.82, 2.24) is 0 Å². The first kappa shape index (κ1) is 27.3. The van der Waals surface area contributed by atoms with Crippen molar-refractivity contribution in [3.05, 3.63) is 82.9 Å². The number of nitrogens with one attached hydrogen (secondary N) is 1. The number of phenols is 1. The van der Waals surface area contributed by atoms with Crippen LogP contribution in [0.4, 0.5) is 5.69 Å². The maximum Gasteiger partial charge on any atom is 0.259 e. The predicted molar refractivity (Wildman–Crippen MR) is 146 cm³/mol. The molecular formula is C31H39NO4. The van der Waals surface area contributed by atoms with Gasteiger partial charge < -0.3 is 20.3 Å². The zero-order chi connectivity index (χ0) is 26.5. The summed E-state index contributed by atoms with van der Waals surface area (Å²) in [4.78, 5) is 13.3. The fourth-order valence-electron chi connectivity index (χ4n) is 4.00. The Hall–Kier alpha value is -3.31. The van der Waals surface area contributed by atoms with Gasteiger partial charge in [0.05, 0.1) is 5.56 Å². The zero-order valence-corrected chi connectivity index (χ0v) is 22.3. The van der Waals surface area contributed by atoms with E-state index in [1.54, 1.807) is 12.1 Å². The third kappa shape index (κ3) is 6.27. The van der Waals surface area contributed by atoms with E-state index in [4.69, 9.17) is 4.74 Å². The molecule has 0 saturated carbocycles. The van der Waals surface area contributed by atoms with E-state index < -0.39 is 0 Å². The van der Waals surface area contributed by atoms with Gasteiger partial charge in [0.15, 0.2) is 0 Å². The van der Waals surface area contributed by atoms with E-state index in [-0.39, 0.29) is 34.7 Å². The number of hydrogen-bond donors (Lipinski definition) is 3. The molecule has 5 nitrogen and oxygen atoms in total. The number of rotatable bonds is 10. The Balaban J connectivity index is 2.00. The number of benzene rings is 3. The molecule has 0 aromatic heterocycles. The minimum absolute atomic E-state index is 0.0179. The lowest BCUT2D eigenvalue weighted by Crippen LogP contribution is -2.21. The molecule has 36 heavy (non-hydrogen) atoms. The second kappa shape index (κ2) is 11.2. The molecule has 3 aromatic rings. The van der Waals surface area contributed by atoms with Crippen LogP contribution in [0.25, 0.3) is 0 Å². The van der Waals surface area contributed by atoms with Gasteiger partial charge in [0.2, 0.25) is 0 Å². The van der Waals surface area contributed by atoms with Gasteiger partial charge in [-0.2, -0.15) is 0 Å². The van der Waals surface area contributed by atoms with Crippen LogP contribution in [0, 0.1) is 0 Å². The van der Waals surface area contributed by atoms with Gasteiger partial charge in [-0.1, -0.05) is 65.8 Å². The summed E-state index contributed by atoms with van der Waals surface area (Å²) in [7, 11) is 0. The molecule has 0 aliphatic carbocycles. The summed E-state index contributed by atoms with van der Waals surface area (Å²) in [6, 6.07) is 18.2. The molecule has 192 valence electrons. The Kier molecular flexibility index (Phi) is 8.47. The Morgan fingerprint density at radius 1 is 0.889 bits per heavy atom. The lowest BCUT2D eigenvalue weighted by Gasteiger charge is -2.30. The summed E-state index contributed by atoms with van der Waals surface area (Å²) in [5.74, 6) is 0.660. The van der Waals surface area contributed by atoms with Crippen LogP contribution in [0.2, 0.25) is 0 Å². The summed E-state index contributed by atoms with van der Waals surface area (Å²) in [6.45, 7) is 13.3. The van der Waals surface area contributed by atoms with Crippen LogP contribution >= 0.6 is 0 Å². The molecule has 3 aromatic carbocycles. The lowest BCUT2D eigenvalue weighted by molar-refractivity contribution is 0.102. The smallest absolute Gasteiger partial charge is 0.259 e. The highest BCUT2D eigenvalue weighted by molar-refractivity contribution is 6.06. The van der Waals surface area contributed by atoms with Crippen molar-refractivity contribution in [2.24, 2.45) is 0 Å². The Morgan fingerprint density at radius 2 is 1.58 bits per heavy atom. The average molecular weight is 490 g/mol. The van der Waals surface area contributed by atoms with E-state index in [0.29, 0.717) is 23.6 Å². The molecule has 0 radical (unpaired) electrons. The number of amides is 1. The van der Waals surface area contributed by atoms with Crippen molar-refractivity contribution in [2.75, 3.05) is 11.9 Å². The van der Waals surface area contributed by atoms with Crippen molar-refractivity contribution in [3.8, 4) is 17.2 Å². The molecule has 0 aliphatic rings. The monoisotopic (exact) mass is 489 g/mol. The number of ether oxygens (including phenoxy) is 1. The first-order chi connectivity index (χ1) is 17.0. The predicted octanol–water partition coefficient (Wildman–Crippen LogP) is 7.35. The average Bonchev–Trinajstić information content (AvgIpc) is 2.85. The highest BCUT2D eigenvalue weighted by atomic mass is 16.5. The molecule has 0 spiro atoms. The number of aromatic hydroxyl groups is 1. The summed E-state index contributed by atoms with van der Waals surface area (Å²) in [6.07, 6.45) is 2.44. The molecule has 3 rings (SSSR count). The number of phenolic OH excluding ortho intramolecular Hbond substituents is 1. The second-order valence-corrected chi connectivity index (χ2v) is 10.6. The standard InChI is InChI=1S/C31H39NO4/c1-7-30(3,4)22-12-14-28(26(19-22)31(5,6)8-2)36-27-15-13-24(34)20-25(27)29(35)32-23-11-9-10-21(18-23)16-17-33/h9-15,18-20,33-34H,7-8,16-17H2,1-6H3,(H,32,35). The summed E-state index contributed by atoms with van der Waals surface area (Å²) < 4.78 is 6.40. The highest BCUT2D eigenvalue weighted by Crippen LogP contribution is 2.41. The van der Waals surface area contributed by atoms with Gasteiger partial charge in [-0.25, -0.2) is 0 Å². The quantitative estimate of drug-likeness (QED) is 0.278. The van der Waals surface area contributed by atoms with Gasteiger partial charge in [-0.05, 0) is 77.6 Å². The van der Waals surface area contributed by atoms with Crippen LogP contribution in [-0.2, 0) is 17.3 Å². The molecule has 0 atom stereocenters. The molecular weight excluding hydrogens is 450 g/mol. The first-order valence-electron chi connectivity index (χ1n) is 12.7. The van der Waals surface area contributed by atoms with Crippen LogP contribution < -0.4 is 10.1 Å². The molecule has 0 bridgehead atoms. The van der Waals surface area contributed by atoms with E-state index in [1.165, 1.54) is 17.7 Å².